The van der Waals surface area contributed by atoms with Crippen LogP contribution in [0, 0.1) is 5.82 Å². The van der Waals surface area contributed by atoms with E-state index in [0.29, 0.717) is 11.3 Å². The first kappa shape index (κ1) is 13.7. The number of carbonyl (C=O) groups excluding carboxylic acids is 1. The molecule has 0 spiro atoms. The average molecular weight is 261 g/mol. The second-order valence-electron chi connectivity index (χ2n) is 4.11. The van der Waals surface area contributed by atoms with Crippen LogP contribution in [-0.2, 0) is 15.1 Å². The third kappa shape index (κ3) is 2.68. The third-order valence-corrected chi connectivity index (χ3v) is 2.62. The molecule has 94 valence electrons. The number of halogens is 2. The Morgan fingerprint density at radius 3 is 2.88 bits per heavy atom. The Morgan fingerprint density at radius 1 is 1.53 bits per heavy atom. The molecule has 1 unspecified atom stereocenters. The summed E-state index contributed by atoms with van der Waals surface area (Å²) in [6.07, 6.45) is 0. The van der Waals surface area contributed by atoms with Gasteiger partial charge >= 0.3 is 0 Å². The largest absolute Gasteiger partial charge is 0.399 e. The Hall–Kier alpha value is -1.33. The summed E-state index contributed by atoms with van der Waals surface area (Å²) in [6.45, 7) is 1.96. The van der Waals surface area contributed by atoms with Crippen LogP contribution >= 0.6 is 12.4 Å². The van der Waals surface area contributed by atoms with Gasteiger partial charge in [0.25, 0.3) is 0 Å². The molecule has 1 heterocycles. The van der Waals surface area contributed by atoms with E-state index in [9.17, 15) is 9.18 Å². The van der Waals surface area contributed by atoms with Crippen molar-refractivity contribution in [1.29, 1.82) is 0 Å². The molecule has 0 bridgehead atoms. The van der Waals surface area contributed by atoms with Crippen LogP contribution in [0.2, 0.25) is 0 Å². The van der Waals surface area contributed by atoms with Gasteiger partial charge in [-0.1, -0.05) is 0 Å². The SMILES string of the molecule is CC1(c2cc(N)ccc2F)COCC(=O)N1.Cl. The van der Waals surface area contributed by atoms with E-state index >= 15 is 0 Å². The second-order valence-corrected chi connectivity index (χ2v) is 4.11. The molecule has 0 aromatic heterocycles. The van der Waals surface area contributed by atoms with Gasteiger partial charge in [-0.25, -0.2) is 4.39 Å². The molecule has 0 saturated carbocycles. The van der Waals surface area contributed by atoms with Crippen molar-refractivity contribution >= 4 is 24.0 Å². The first-order valence-electron chi connectivity index (χ1n) is 4.95. The predicted octanol–water partition coefficient (Wildman–Crippen LogP) is 1.19. The van der Waals surface area contributed by atoms with Crippen LogP contribution in [0.3, 0.4) is 0 Å². The molecular formula is C11H14ClFN2O2. The molecule has 1 atom stereocenters. The van der Waals surface area contributed by atoms with Gasteiger partial charge in [-0.3, -0.25) is 4.79 Å². The highest BCUT2D eigenvalue weighted by atomic mass is 35.5. The number of ether oxygens (including phenoxy) is 1. The van der Waals surface area contributed by atoms with E-state index in [0.717, 1.165) is 0 Å². The van der Waals surface area contributed by atoms with E-state index in [1.807, 2.05) is 0 Å². The molecule has 2 rings (SSSR count). The number of nitrogens with one attached hydrogen (secondary N) is 1. The van der Waals surface area contributed by atoms with Crippen molar-refractivity contribution in [2.24, 2.45) is 0 Å². The van der Waals surface area contributed by atoms with E-state index in [4.69, 9.17) is 10.5 Å². The summed E-state index contributed by atoms with van der Waals surface area (Å²) in [7, 11) is 0. The van der Waals surface area contributed by atoms with E-state index in [1.165, 1.54) is 18.2 Å². The second kappa shape index (κ2) is 4.89. The molecule has 0 aliphatic carbocycles. The van der Waals surface area contributed by atoms with E-state index in [1.54, 1.807) is 6.92 Å². The highest BCUT2D eigenvalue weighted by molar-refractivity contribution is 5.85. The maximum atomic E-state index is 13.7. The van der Waals surface area contributed by atoms with Gasteiger partial charge in [-0.2, -0.15) is 0 Å². The Bertz CT molecular complexity index is 441. The minimum atomic E-state index is -0.852. The molecule has 1 aromatic rings. The summed E-state index contributed by atoms with van der Waals surface area (Å²) in [5, 5.41) is 2.72. The summed E-state index contributed by atoms with van der Waals surface area (Å²) in [5.41, 5.74) is 5.56. The molecule has 1 aromatic carbocycles. The molecule has 1 amide bonds. The van der Waals surface area contributed by atoms with Crippen molar-refractivity contribution < 1.29 is 13.9 Å². The minimum Gasteiger partial charge on any atom is -0.399 e. The molecular weight excluding hydrogens is 247 g/mol. The summed E-state index contributed by atoms with van der Waals surface area (Å²) in [4.78, 5) is 11.3. The zero-order chi connectivity index (χ0) is 11.8. The monoisotopic (exact) mass is 260 g/mol. The van der Waals surface area contributed by atoms with Gasteiger partial charge in [0.2, 0.25) is 5.91 Å². The Kier molecular flexibility index (Phi) is 3.95. The maximum absolute atomic E-state index is 13.7. The molecule has 6 heteroatoms. The van der Waals surface area contributed by atoms with E-state index in [2.05, 4.69) is 5.32 Å². The molecule has 17 heavy (non-hydrogen) atoms. The fraction of sp³-hybridized carbons (Fsp3) is 0.364. The first-order valence-corrected chi connectivity index (χ1v) is 4.95. The van der Waals surface area contributed by atoms with E-state index in [-0.39, 0.29) is 31.5 Å². The van der Waals surface area contributed by atoms with Gasteiger partial charge in [0, 0.05) is 11.3 Å². The van der Waals surface area contributed by atoms with Crippen LogP contribution in [0.15, 0.2) is 18.2 Å². The van der Waals surface area contributed by atoms with Crippen molar-refractivity contribution in [2.75, 3.05) is 18.9 Å². The fourth-order valence-corrected chi connectivity index (χ4v) is 1.84. The number of benzene rings is 1. The van der Waals surface area contributed by atoms with Gasteiger partial charge in [-0.05, 0) is 25.1 Å². The highest BCUT2D eigenvalue weighted by Crippen LogP contribution is 2.27. The molecule has 0 radical (unpaired) electrons. The molecule has 3 N–H and O–H groups in total. The van der Waals surface area contributed by atoms with Crippen molar-refractivity contribution in [3.05, 3.63) is 29.6 Å². The van der Waals surface area contributed by atoms with Crippen LogP contribution in [0.25, 0.3) is 0 Å². The lowest BCUT2D eigenvalue weighted by atomic mass is 9.91. The number of morpholine rings is 1. The van der Waals surface area contributed by atoms with Crippen molar-refractivity contribution in [3.8, 4) is 0 Å². The zero-order valence-electron chi connectivity index (χ0n) is 9.33. The minimum absolute atomic E-state index is 0. The average Bonchev–Trinajstić information content (AvgIpc) is 2.21. The zero-order valence-corrected chi connectivity index (χ0v) is 10.1. The fourth-order valence-electron chi connectivity index (χ4n) is 1.84. The lowest BCUT2D eigenvalue weighted by Gasteiger charge is -2.35. The van der Waals surface area contributed by atoms with Crippen molar-refractivity contribution in [1.82, 2.24) is 5.32 Å². The lowest BCUT2D eigenvalue weighted by molar-refractivity contribution is -0.135. The normalized spacial score (nSPS) is 23.8. The molecule has 4 nitrogen and oxygen atoms in total. The van der Waals surface area contributed by atoms with Crippen LogP contribution in [0.1, 0.15) is 12.5 Å². The Morgan fingerprint density at radius 2 is 2.24 bits per heavy atom. The lowest BCUT2D eigenvalue weighted by Crippen LogP contribution is -2.53. The van der Waals surface area contributed by atoms with Crippen LogP contribution < -0.4 is 11.1 Å². The first-order chi connectivity index (χ1) is 7.51. The molecule has 1 fully saturated rings. The number of rotatable bonds is 1. The van der Waals surface area contributed by atoms with Crippen LogP contribution in [0.4, 0.5) is 10.1 Å². The molecule has 1 aliphatic heterocycles. The summed E-state index contributed by atoms with van der Waals surface area (Å²) < 4.78 is 18.8. The standard InChI is InChI=1S/C11H13FN2O2.ClH/c1-11(6-16-5-10(15)14-11)8-4-7(13)2-3-9(8)12;/h2-4H,5-6,13H2,1H3,(H,14,15);1H. The molecule has 1 saturated heterocycles. The smallest absolute Gasteiger partial charge is 0.246 e. The third-order valence-electron chi connectivity index (χ3n) is 2.62. The van der Waals surface area contributed by atoms with Gasteiger partial charge in [0.05, 0.1) is 12.1 Å². The number of hydrogen-bond acceptors (Lipinski definition) is 3. The highest BCUT2D eigenvalue weighted by Gasteiger charge is 2.35. The number of amides is 1. The summed E-state index contributed by atoms with van der Waals surface area (Å²) >= 11 is 0. The number of hydrogen-bond donors (Lipinski definition) is 2. The van der Waals surface area contributed by atoms with Gasteiger partial charge in [-0.15, -0.1) is 12.4 Å². The Balaban J connectivity index is 0.00000144. The Labute approximate surface area is 105 Å². The van der Waals surface area contributed by atoms with Crippen LogP contribution in [-0.4, -0.2) is 19.1 Å². The summed E-state index contributed by atoms with van der Waals surface area (Å²) in [6, 6.07) is 4.29. The maximum Gasteiger partial charge on any atom is 0.246 e. The van der Waals surface area contributed by atoms with Gasteiger partial charge < -0.3 is 15.8 Å². The summed E-state index contributed by atoms with van der Waals surface area (Å²) in [5.74, 6) is -0.655. The van der Waals surface area contributed by atoms with Crippen LogP contribution in [0.5, 0.6) is 0 Å². The predicted molar refractivity (Wildman–Crippen MR) is 64.4 cm³/mol. The number of anilines is 1. The molecule has 1 aliphatic rings. The van der Waals surface area contributed by atoms with Crippen molar-refractivity contribution in [3.63, 3.8) is 0 Å². The van der Waals surface area contributed by atoms with Gasteiger partial charge in [0.1, 0.15) is 12.4 Å². The van der Waals surface area contributed by atoms with Gasteiger partial charge in [0.15, 0.2) is 0 Å². The number of carbonyl (C=O) groups is 1. The number of nitrogen functional groups attached to an aromatic ring is 1. The number of nitrogens with two attached hydrogens (primary N) is 1. The quantitative estimate of drug-likeness (QED) is 0.746. The topological polar surface area (TPSA) is 64.3 Å². The van der Waals surface area contributed by atoms with Crippen molar-refractivity contribution in [2.45, 2.75) is 12.5 Å². The van der Waals surface area contributed by atoms with E-state index < -0.39 is 11.4 Å².